The minimum atomic E-state index is 0.207. The quantitative estimate of drug-likeness (QED) is 0.909. The summed E-state index contributed by atoms with van der Waals surface area (Å²) in [5, 5.41) is 8.67. The Hall–Kier alpha value is -1.48. The standard InChI is InChI=1S/C14H18ClN3/c1-4-13-14(9-18(3)17-13)16-10(2)11-6-5-7-12(15)8-11/h5-10,16H,4H2,1-3H3. The zero-order chi connectivity index (χ0) is 13.1. The lowest BCUT2D eigenvalue weighted by Gasteiger charge is -2.15. The summed E-state index contributed by atoms with van der Waals surface area (Å²) in [4.78, 5) is 0. The SMILES string of the molecule is CCc1nn(C)cc1NC(C)c1cccc(Cl)c1. The van der Waals surface area contributed by atoms with E-state index >= 15 is 0 Å². The highest BCUT2D eigenvalue weighted by molar-refractivity contribution is 6.30. The molecule has 0 fully saturated rings. The normalized spacial score (nSPS) is 12.4. The fourth-order valence-electron chi connectivity index (χ4n) is 2.01. The Morgan fingerprint density at radius 3 is 2.89 bits per heavy atom. The van der Waals surface area contributed by atoms with Crippen molar-refractivity contribution >= 4 is 17.3 Å². The highest BCUT2D eigenvalue weighted by atomic mass is 35.5. The third-order valence-electron chi connectivity index (χ3n) is 2.96. The molecule has 3 nitrogen and oxygen atoms in total. The molecule has 0 amide bonds. The smallest absolute Gasteiger partial charge is 0.0853 e. The van der Waals surface area contributed by atoms with E-state index in [1.54, 1.807) is 0 Å². The summed E-state index contributed by atoms with van der Waals surface area (Å²) in [5.74, 6) is 0. The minimum Gasteiger partial charge on any atom is -0.376 e. The average molecular weight is 264 g/mol. The second-order valence-corrected chi connectivity index (χ2v) is 4.87. The van der Waals surface area contributed by atoms with Gasteiger partial charge in [0.2, 0.25) is 0 Å². The van der Waals surface area contributed by atoms with Crippen LogP contribution in [0.1, 0.15) is 31.1 Å². The van der Waals surface area contributed by atoms with Gasteiger partial charge in [0.1, 0.15) is 0 Å². The van der Waals surface area contributed by atoms with Gasteiger partial charge in [-0.25, -0.2) is 0 Å². The molecule has 0 radical (unpaired) electrons. The van der Waals surface area contributed by atoms with Crippen molar-refractivity contribution in [1.82, 2.24) is 9.78 Å². The maximum Gasteiger partial charge on any atom is 0.0853 e. The number of aromatic nitrogens is 2. The van der Waals surface area contributed by atoms with E-state index in [0.29, 0.717) is 0 Å². The number of halogens is 1. The summed E-state index contributed by atoms with van der Waals surface area (Å²) >= 11 is 6.01. The average Bonchev–Trinajstić information content (AvgIpc) is 2.69. The molecule has 1 N–H and O–H groups in total. The lowest BCUT2D eigenvalue weighted by molar-refractivity contribution is 0.746. The lowest BCUT2D eigenvalue weighted by atomic mass is 10.1. The zero-order valence-electron chi connectivity index (χ0n) is 10.9. The number of benzene rings is 1. The number of aryl methyl sites for hydroxylation is 2. The van der Waals surface area contributed by atoms with Gasteiger partial charge < -0.3 is 5.32 Å². The Kier molecular flexibility index (Phi) is 3.92. The maximum atomic E-state index is 6.01. The molecule has 0 spiro atoms. The molecular weight excluding hydrogens is 246 g/mol. The Morgan fingerprint density at radius 1 is 1.44 bits per heavy atom. The Bertz CT molecular complexity index is 534. The molecule has 1 aromatic carbocycles. The predicted molar refractivity (Wildman–Crippen MR) is 76.1 cm³/mol. The van der Waals surface area contributed by atoms with Gasteiger partial charge in [0.25, 0.3) is 0 Å². The predicted octanol–water partition coefficient (Wildman–Crippen LogP) is 3.81. The van der Waals surface area contributed by atoms with Gasteiger partial charge in [-0.3, -0.25) is 4.68 Å². The van der Waals surface area contributed by atoms with Gasteiger partial charge in [-0.2, -0.15) is 5.10 Å². The van der Waals surface area contributed by atoms with E-state index in [1.807, 2.05) is 36.1 Å². The van der Waals surface area contributed by atoms with Crippen LogP contribution < -0.4 is 5.32 Å². The van der Waals surface area contributed by atoms with E-state index in [4.69, 9.17) is 11.6 Å². The van der Waals surface area contributed by atoms with Crippen LogP contribution in [0.5, 0.6) is 0 Å². The van der Waals surface area contributed by atoms with Crippen LogP contribution in [0.4, 0.5) is 5.69 Å². The van der Waals surface area contributed by atoms with E-state index < -0.39 is 0 Å². The molecule has 2 rings (SSSR count). The van der Waals surface area contributed by atoms with Crippen molar-refractivity contribution in [2.45, 2.75) is 26.3 Å². The monoisotopic (exact) mass is 263 g/mol. The van der Waals surface area contributed by atoms with E-state index in [0.717, 1.165) is 22.8 Å². The first-order valence-corrected chi connectivity index (χ1v) is 6.52. The Balaban J connectivity index is 2.18. The third kappa shape index (κ3) is 2.85. The van der Waals surface area contributed by atoms with Crippen LogP contribution >= 0.6 is 11.6 Å². The first-order chi connectivity index (χ1) is 8.60. The molecule has 0 aliphatic carbocycles. The first-order valence-electron chi connectivity index (χ1n) is 6.14. The van der Waals surface area contributed by atoms with Crippen molar-refractivity contribution in [1.29, 1.82) is 0 Å². The second kappa shape index (κ2) is 5.44. The molecule has 0 aliphatic heterocycles. The molecule has 18 heavy (non-hydrogen) atoms. The maximum absolute atomic E-state index is 6.01. The number of nitrogens with zero attached hydrogens (tertiary/aromatic N) is 2. The van der Waals surface area contributed by atoms with Crippen LogP contribution in [0.15, 0.2) is 30.5 Å². The van der Waals surface area contributed by atoms with Crippen LogP contribution in [0.2, 0.25) is 5.02 Å². The van der Waals surface area contributed by atoms with Crippen LogP contribution in [-0.2, 0) is 13.5 Å². The van der Waals surface area contributed by atoms with Crippen molar-refractivity contribution in [3.8, 4) is 0 Å². The molecule has 0 saturated heterocycles. The fraction of sp³-hybridized carbons (Fsp3) is 0.357. The third-order valence-corrected chi connectivity index (χ3v) is 3.20. The molecule has 2 aromatic rings. The van der Waals surface area contributed by atoms with E-state index in [9.17, 15) is 0 Å². The van der Waals surface area contributed by atoms with Gasteiger partial charge in [0, 0.05) is 24.3 Å². The molecule has 1 heterocycles. The molecule has 0 saturated carbocycles. The molecule has 1 aromatic heterocycles. The van der Waals surface area contributed by atoms with E-state index in [2.05, 4.69) is 30.3 Å². The summed E-state index contributed by atoms with van der Waals surface area (Å²) in [6, 6.07) is 8.13. The molecule has 0 aliphatic rings. The van der Waals surface area contributed by atoms with Crippen molar-refractivity contribution in [2.75, 3.05) is 5.32 Å². The first kappa shape index (κ1) is 13.0. The number of hydrogen-bond donors (Lipinski definition) is 1. The minimum absolute atomic E-state index is 0.207. The van der Waals surface area contributed by atoms with Gasteiger partial charge in [-0.1, -0.05) is 30.7 Å². The lowest BCUT2D eigenvalue weighted by Crippen LogP contribution is -2.07. The zero-order valence-corrected chi connectivity index (χ0v) is 11.7. The van der Waals surface area contributed by atoms with Crippen LogP contribution in [0, 0.1) is 0 Å². The number of anilines is 1. The molecule has 4 heteroatoms. The number of nitrogens with one attached hydrogen (secondary N) is 1. The largest absolute Gasteiger partial charge is 0.376 e. The van der Waals surface area contributed by atoms with Gasteiger partial charge in [-0.15, -0.1) is 0 Å². The van der Waals surface area contributed by atoms with Crippen molar-refractivity contribution < 1.29 is 0 Å². The van der Waals surface area contributed by atoms with E-state index in [1.165, 1.54) is 5.56 Å². The van der Waals surface area contributed by atoms with Gasteiger partial charge in [-0.05, 0) is 31.0 Å². The Morgan fingerprint density at radius 2 is 2.22 bits per heavy atom. The molecule has 1 atom stereocenters. The van der Waals surface area contributed by atoms with Gasteiger partial charge in [0.15, 0.2) is 0 Å². The van der Waals surface area contributed by atoms with Crippen molar-refractivity contribution in [3.63, 3.8) is 0 Å². The summed E-state index contributed by atoms with van der Waals surface area (Å²) in [6.45, 7) is 4.23. The number of hydrogen-bond acceptors (Lipinski definition) is 2. The fourth-order valence-corrected chi connectivity index (χ4v) is 2.21. The van der Waals surface area contributed by atoms with Crippen LogP contribution in [-0.4, -0.2) is 9.78 Å². The van der Waals surface area contributed by atoms with Crippen molar-refractivity contribution in [2.24, 2.45) is 7.05 Å². The summed E-state index contributed by atoms with van der Waals surface area (Å²) in [6.07, 6.45) is 2.94. The van der Waals surface area contributed by atoms with Crippen LogP contribution in [0.25, 0.3) is 0 Å². The van der Waals surface area contributed by atoms with Crippen LogP contribution in [0.3, 0.4) is 0 Å². The van der Waals surface area contributed by atoms with Gasteiger partial charge >= 0.3 is 0 Å². The molecule has 0 bridgehead atoms. The topological polar surface area (TPSA) is 29.9 Å². The molecule has 96 valence electrons. The summed E-state index contributed by atoms with van der Waals surface area (Å²) in [5.41, 5.74) is 3.35. The highest BCUT2D eigenvalue weighted by Gasteiger charge is 2.10. The highest BCUT2D eigenvalue weighted by Crippen LogP contribution is 2.23. The number of rotatable bonds is 4. The summed E-state index contributed by atoms with van der Waals surface area (Å²) in [7, 11) is 1.94. The molecular formula is C14H18ClN3. The van der Waals surface area contributed by atoms with Gasteiger partial charge in [0.05, 0.1) is 11.4 Å². The Labute approximate surface area is 113 Å². The second-order valence-electron chi connectivity index (χ2n) is 4.44. The van der Waals surface area contributed by atoms with E-state index in [-0.39, 0.29) is 6.04 Å². The molecule has 1 unspecified atom stereocenters. The van der Waals surface area contributed by atoms with Crippen molar-refractivity contribution in [3.05, 3.63) is 46.7 Å². The summed E-state index contributed by atoms with van der Waals surface area (Å²) < 4.78 is 1.84.